The Morgan fingerprint density at radius 1 is 1.50 bits per heavy atom. The van der Waals surface area contributed by atoms with Crippen LogP contribution in [-0.2, 0) is 16.6 Å². The highest BCUT2D eigenvalue weighted by Crippen LogP contribution is 2.35. The van der Waals surface area contributed by atoms with E-state index in [1.54, 1.807) is 6.92 Å². The third-order valence-electron chi connectivity index (χ3n) is 2.39. The van der Waals surface area contributed by atoms with Crippen LogP contribution in [0, 0.1) is 6.92 Å². The number of nitrogens with zero attached hydrogens (tertiary/aromatic N) is 3. The zero-order valence-corrected chi connectivity index (χ0v) is 12.1. The van der Waals surface area contributed by atoms with Crippen LogP contribution in [0.4, 0.5) is 0 Å². The number of primary sulfonamides is 1. The van der Waals surface area contributed by atoms with E-state index in [4.69, 9.17) is 16.7 Å². The third kappa shape index (κ3) is 2.16. The summed E-state index contributed by atoms with van der Waals surface area (Å²) >= 11 is 7.54. The van der Waals surface area contributed by atoms with Crippen molar-refractivity contribution in [2.24, 2.45) is 5.14 Å². The fraction of sp³-hybridized carbons (Fsp3) is 0.333. The van der Waals surface area contributed by atoms with Gasteiger partial charge in [-0.3, -0.25) is 4.57 Å². The molecule has 9 heteroatoms. The van der Waals surface area contributed by atoms with E-state index in [0.29, 0.717) is 22.3 Å². The summed E-state index contributed by atoms with van der Waals surface area (Å²) in [6.07, 6.45) is 0. The van der Waals surface area contributed by atoms with Crippen molar-refractivity contribution in [2.45, 2.75) is 25.5 Å². The lowest BCUT2D eigenvalue weighted by atomic mass is 10.3. The SMILES string of the molecule is CCn1c(-c2scc(C)c2Cl)nnc1S(N)(=O)=O. The van der Waals surface area contributed by atoms with Gasteiger partial charge in [0.05, 0.1) is 9.90 Å². The fourth-order valence-corrected chi connectivity index (χ4v) is 3.48. The van der Waals surface area contributed by atoms with Crippen molar-refractivity contribution in [1.82, 2.24) is 14.8 Å². The van der Waals surface area contributed by atoms with Gasteiger partial charge < -0.3 is 0 Å². The normalized spacial score (nSPS) is 12.0. The van der Waals surface area contributed by atoms with Crippen LogP contribution in [0.5, 0.6) is 0 Å². The van der Waals surface area contributed by atoms with Gasteiger partial charge in [0.15, 0.2) is 5.82 Å². The lowest BCUT2D eigenvalue weighted by Gasteiger charge is -2.04. The molecule has 0 saturated heterocycles. The maximum atomic E-state index is 11.4. The maximum absolute atomic E-state index is 11.4. The van der Waals surface area contributed by atoms with Crippen LogP contribution >= 0.6 is 22.9 Å². The van der Waals surface area contributed by atoms with Crippen molar-refractivity contribution in [3.8, 4) is 10.7 Å². The number of aryl methyl sites for hydroxylation is 1. The molecule has 2 rings (SSSR count). The Morgan fingerprint density at radius 2 is 2.17 bits per heavy atom. The largest absolute Gasteiger partial charge is 0.296 e. The Hall–Kier alpha value is -0.960. The second-order valence-electron chi connectivity index (χ2n) is 3.66. The fourth-order valence-electron chi connectivity index (χ4n) is 1.53. The molecule has 0 radical (unpaired) electrons. The zero-order valence-electron chi connectivity index (χ0n) is 9.71. The zero-order chi connectivity index (χ0) is 13.5. The molecule has 0 unspecified atom stereocenters. The van der Waals surface area contributed by atoms with E-state index < -0.39 is 10.0 Å². The Balaban J connectivity index is 2.67. The summed E-state index contributed by atoms with van der Waals surface area (Å²) in [6, 6.07) is 0. The molecule has 6 nitrogen and oxygen atoms in total. The van der Waals surface area contributed by atoms with Crippen molar-refractivity contribution >= 4 is 33.0 Å². The lowest BCUT2D eigenvalue weighted by Crippen LogP contribution is -2.18. The highest BCUT2D eigenvalue weighted by atomic mass is 35.5. The highest BCUT2D eigenvalue weighted by molar-refractivity contribution is 7.89. The van der Waals surface area contributed by atoms with Gasteiger partial charge >= 0.3 is 0 Å². The molecular weight excluding hydrogens is 296 g/mol. The molecule has 18 heavy (non-hydrogen) atoms. The second-order valence-corrected chi connectivity index (χ2v) is 6.37. The maximum Gasteiger partial charge on any atom is 0.273 e. The van der Waals surface area contributed by atoms with Gasteiger partial charge in [-0.1, -0.05) is 11.6 Å². The number of thiophene rings is 1. The minimum atomic E-state index is -3.89. The molecule has 2 heterocycles. The molecule has 0 aromatic carbocycles. The van der Waals surface area contributed by atoms with Gasteiger partial charge in [-0.15, -0.1) is 21.5 Å². The molecule has 98 valence electrons. The van der Waals surface area contributed by atoms with E-state index in [9.17, 15) is 8.42 Å². The van der Waals surface area contributed by atoms with Crippen molar-refractivity contribution in [2.75, 3.05) is 0 Å². The number of nitrogens with two attached hydrogens (primary N) is 1. The monoisotopic (exact) mass is 306 g/mol. The first kappa shape index (κ1) is 13.5. The van der Waals surface area contributed by atoms with Gasteiger partial charge in [-0.05, 0) is 24.8 Å². The van der Waals surface area contributed by atoms with Gasteiger partial charge in [-0.25, -0.2) is 13.6 Å². The molecule has 0 bridgehead atoms. The molecule has 0 aliphatic rings. The quantitative estimate of drug-likeness (QED) is 0.933. The van der Waals surface area contributed by atoms with Crippen LogP contribution in [-0.4, -0.2) is 23.2 Å². The minimum absolute atomic E-state index is 0.248. The Morgan fingerprint density at radius 3 is 2.61 bits per heavy atom. The third-order valence-corrected chi connectivity index (χ3v) is 4.89. The van der Waals surface area contributed by atoms with Crippen LogP contribution in [0.25, 0.3) is 10.7 Å². The van der Waals surface area contributed by atoms with E-state index in [1.165, 1.54) is 15.9 Å². The molecule has 2 aromatic heterocycles. The standard InChI is InChI=1S/C9H11ClN4O2S2/c1-3-14-8(7-6(10)5(2)4-17-7)12-13-9(14)18(11,15)16/h4H,3H2,1-2H3,(H2,11,15,16). The predicted molar refractivity (Wildman–Crippen MR) is 70.1 cm³/mol. The first-order valence-electron chi connectivity index (χ1n) is 5.06. The average Bonchev–Trinajstić information content (AvgIpc) is 2.83. The van der Waals surface area contributed by atoms with Crippen molar-refractivity contribution in [3.05, 3.63) is 16.0 Å². The van der Waals surface area contributed by atoms with Crippen LogP contribution in [0.2, 0.25) is 5.02 Å². The summed E-state index contributed by atoms with van der Waals surface area (Å²) in [5.41, 5.74) is 0.916. The summed E-state index contributed by atoms with van der Waals surface area (Å²) in [4.78, 5) is 0.693. The molecule has 0 aliphatic carbocycles. The minimum Gasteiger partial charge on any atom is -0.296 e. The molecular formula is C9H11ClN4O2S2. The summed E-state index contributed by atoms with van der Waals surface area (Å²) in [5.74, 6) is 0.421. The number of hydrogen-bond donors (Lipinski definition) is 1. The van der Waals surface area contributed by atoms with E-state index >= 15 is 0 Å². The first-order valence-corrected chi connectivity index (χ1v) is 7.86. The van der Waals surface area contributed by atoms with Crippen molar-refractivity contribution in [3.63, 3.8) is 0 Å². The number of sulfonamides is 1. The van der Waals surface area contributed by atoms with Crippen LogP contribution in [0.15, 0.2) is 10.5 Å². The molecule has 0 aliphatic heterocycles. The number of halogens is 1. The topological polar surface area (TPSA) is 90.9 Å². The van der Waals surface area contributed by atoms with Gasteiger partial charge in [0, 0.05) is 6.54 Å². The average molecular weight is 307 g/mol. The Bertz CT molecular complexity index is 689. The molecule has 0 fully saturated rings. The Kier molecular flexibility index (Phi) is 3.45. The number of hydrogen-bond acceptors (Lipinski definition) is 5. The highest BCUT2D eigenvalue weighted by Gasteiger charge is 2.23. The summed E-state index contributed by atoms with van der Waals surface area (Å²) < 4.78 is 24.2. The Labute approximate surface area is 113 Å². The van der Waals surface area contributed by atoms with Gasteiger partial charge in [0.1, 0.15) is 0 Å². The van der Waals surface area contributed by atoms with Crippen molar-refractivity contribution < 1.29 is 8.42 Å². The van der Waals surface area contributed by atoms with Crippen LogP contribution in [0.1, 0.15) is 12.5 Å². The van der Waals surface area contributed by atoms with Crippen LogP contribution in [0.3, 0.4) is 0 Å². The van der Waals surface area contributed by atoms with Gasteiger partial charge in [0.25, 0.3) is 15.2 Å². The smallest absolute Gasteiger partial charge is 0.273 e. The van der Waals surface area contributed by atoms with E-state index in [2.05, 4.69) is 10.2 Å². The van der Waals surface area contributed by atoms with E-state index in [0.717, 1.165) is 5.56 Å². The van der Waals surface area contributed by atoms with Crippen molar-refractivity contribution in [1.29, 1.82) is 0 Å². The summed E-state index contributed by atoms with van der Waals surface area (Å²) in [5, 5.41) is 14.8. The molecule has 0 atom stereocenters. The molecule has 2 N–H and O–H groups in total. The lowest BCUT2D eigenvalue weighted by molar-refractivity contribution is 0.571. The number of rotatable bonds is 3. The first-order chi connectivity index (χ1) is 8.36. The second kappa shape index (κ2) is 4.61. The summed E-state index contributed by atoms with van der Waals surface area (Å²) in [7, 11) is -3.89. The number of aromatic nitrogens is 3. The predicted octanol–water partition coefficient (Wildman–Crippen LogP) is 1.64. The molecule has 2 aromatic rings. The van der Waals surface area contributed by atoms with Crippen LogP contribution < -0.4 is 5.14 Å². The van der Waals surface area contributed by atoms with Gasteiger partial charge in [0.2, 0.25) is 0 Å². The van der Waals surface area contributed by atoms with Gasteiger partial charge in [-0.2, -0.15) is 0 Å². The molecule has 0 spiro atoms. The molecule has 0 amide bonds. The summed E-state index contributed by atoms with van der Waals surface area (Å²) in [6.45, 7) is 4.05. The van der Waals surface area contributed by atoms with E-state index in [1.807, 2.05) is 12.3 Å². The van der Waals surface area contributed by atoms with E-state index in [-0.39, 0.29) is 5.16 Å². The molecule has 0 saturated carbocycles.